The summed E-state index contributed by atoms with van der Waals surface area (Å²) in [6, 6.07) is 8.13. The highest BCUT2D eigenvalue weighted by Gasteiger charge is 2.22. The summed E-state index contributed by atoms with van der Waals surface area (Å²) in [7, 11) is 1.88. The molecule has 1 aliphatic rings. The molecule has 168 valence electrons. The molecule has 10 nitrogen and oxygen atoms in total. The quantitative estimate of drug-likeness (QED) is 0.500. The molecule has 1 aliphatic heterocycles. The summed E-state index contributed by atoms with van der Waals surface area (Å²) in [5.74, 6) is 0.725. The minimum absolute atomic E-state index is 0.143. The van der Waals surface area contributed by atoms with Crippen molar-refractivity contribution >= 4 is 6.09 Å². The molecule has 0 radical (unpaired) electrons. The fourth-order valence-corrected chi connectivity index (χ4v) is 3.90. The zero-order valence-corrected chi connectivity index (χ0v) is 18.1. The fraction of sp³-hybridized carbons (Fsp3) is 0.261. The first-order valence-electron chi connectivity index (χ1n) is 10.6. The van der Waals surface area contributed by atoms with Gasteiger partial charge in [0.25, 0.3) is 5.88 Å². The Morgan fingerprint density at radius 2 is 1.82 bits per heavy atom. The second-order valence-electron chi connectivity index (χ2n) is 7.87. The number of nitrogens with two attached hydrogens (primary N) is 1. The van der Waals surface area contributed by atoms with Gasteiger partial charge in [-0.1, -0.05) is 18.2 Å². The lowest BCUT2D eigenvalue weighted by atomic mass is 10.1. The number of aryl methyl sites for hydroxylation is 1. The van der Waals surface area contributed by atoms with Crippen molar-refractivity contribution in [2.24, 2.45) is 12.8 Å². The summed E-state index contributed by atoms with van der Waals surface area (Å²) >= 11 is 0. The maximum absolute atomic E-state index is 11.4. The van der Waals surface area contributed by atoms with E-state index in [1.54, 1.807) is 21.8 Å². The van der Waals surface area contributed by atoms with Crippen LogP contribution < -0.4 is 10.5 Å². The maximum atomic E-state index is 11.4. The number of hydrogen-bond donors (Lipinski definition) is 1. The number of aromatic nitrogens is 6. The Hall–Kier alpha value is -4.05. The molecule has 33 heavy (non-hydrogen) atoms. The van der Waals surface area contributed by atoms with Gasteiger partial charge in [-0.3, -0.25) is 9.36 Å². The van der Waals surface area contributed by atoms with Crippen molar-refractivity contribution in [3.8, 4) is 39.5 Å². The van der Waals surface area contributed by atoms with Gasteiger partial charge in [-0.05, 0) is 24.5 Å². The minimum atomic E-state index is -0.918. The van der Waals surface area contributed by atoms with Crippen molar-refractivity contribution in [3.05, 3.63) is 55.2 Å². The highest BCUT2D eigenvalue weighted by Crippen LogP contribution is 2.32. The monoisotopic (exact) mass is 445 g/mol. The van der Waals surface area contributed by atoms with Crippen LogP contribution in [0.15, 0.2) is 55.2 Å². The summed E-state index contributed by atoms with van der Waals surface area (Å²) < 4.78 is 14.2. The van der Waals surface area contributed by atoms with Crippen LogP contribution in [0.2, 0.25) is 0 Å². The van der Waals surface area contributed by atoms with E-state index in [4.69, 9.17) is 15.2 Å². The molecule has 10 heteroatoms. The van der Waals surface area contributed by atoms with Crippen molar-refractivity contribution in [1.82, 2.24) is 29.5 Å². The lowest BCUT2D eigenvalue weighted by molar-refractivity contribution is 0.0659. The standard InChI is InChI=1S/C23H23N7O3/c1-29-13-18(12-27-29)15-3-2-4-16(9-15)21-25-10-17(11-26-21)20-14-30(19-5-7-32-8-6-19)28-22(20)33-23(24)31/h2-4,9-14,19H,5-8H2,1H3,(H2,24,31). The number of benzene rings is 1. The van der Waals surface area contributed by atoms with E-state index in [1.807, 2.05) is 49.9 Å². The largest absolute Gasteiger partial charge is 0.411 e. The summed E-state index contributed by atoms with van der Waals surface area (Å²) in [6.45, 7) is 1.34. The van der Waals surface area contributed by atoms with E-state index in [9.17, 15) is 4.79 Å². The van der Waals surface area contributed by atoms with Crippen LogP contribution in [0.25, 0.3) is 33.6 Å². The third-order valence-electron chi connectivity index (χ3n) is 5.58. The minimum Gasteiger partial charge on any atom is -0.389 e. The molecule has 4 aromatic rings. The van der Waals surface area contributed by atoms with Crippen LogP contribution in [0.1, 0.15) is 18.9 Å². The average Bonchev–Trinajstić information content (AvgIpc) is 3.46. The van der Waals surface area contributed by atoms with E-state index in [0.29, 0.717) is 30.2 Å². The molecule has 2 N–H and O–H groups in total. The van der Waals surface area contributed by atoms with E-state index in [2.05, 4.69) is 20.2 Å². The van der Waals surface area contributed by atoms with Crippen molar-refractivity contribution in [2.75, 3.05) is 13.2 Å². The van der Waals surface area contributed by atoms with Gasteiger partial charge in [0.05, 0.1) is 17.8 Å². The molecule has 3 aromatic heterocycles. The van der Waals surface area contributed by atoms with Gasteiger partial charge in [0.15, 0.2) is 5.82 Å². The Kier molecular flexibility index (Phi) is 5.57. The second kappa shape index (κ2) is 8.83. The first-order valence-corrected chi connectivity index (χ1v) is 10.6. The van der Waals surface area contributed by atoms with Crippen molar-refractivity contribution in [3.63, 3.8) is 0 Å². The van der Waals surface area contributed by atoms with Gasteiger partial charge in [-0.2, -0.15) is 5.10 Å². The Balaban J connectivity index is 1.44. The highest BCUT2D eigenvalue weighted by molar-refractivity contribution is 5.74. The smallest absolute Gasteiger partial charge is 0.389 e. The third-order valence-corrected chi connectivity index (χ3v) is 5.58. The molecular weight excluding hydrogens is 422 g/mol. The number of rotatable bonds is 5. The molecule has 0 unspecified atom stereocenters. The van der Waals surface area contributed by atoms with Crippen molar-refractivity contribution in [2.45, 2.75) is 18.9 Å². The van der Waals surface area contributed by atoms with E-state index in [-0.39, 0.29) is 11.9 Å². The summed E-state index contributed by atoms with van der Waals surface area (Å²) in [5, 5.41) is 8.68. The molecule has 0 aliphatic carbocycles. The van der Waals surface area contributed by atoms with Gasteiger partial charge in [-0.25, -0.2) is 14.8 Å². The van der Waals surface area contributed by atoms with Gasteiger partial charge >= 0.3 is 6.09 Å². The van der Waals surface area contributed by atoms with Gasteiger partial charge in [0, 0.05) is 61.7 Å². The first kappa shape index (κ1) is 20.8. The Labute approximate surface area is 190 Å². The molecule has 4 heterocycles. The predicted molar refractivity (Wildman–Crippen MR) is 120 cm³/mol. The lowest BCUT2D eigenvalue weighted by Gasteiger charge is -2.22. The molecule has 1 aromatic carbocycles. The Morgan fingerprint density at radius 1 is 1.06 bits per heavy atom. The van der Waals surface area contributed by atoms with Gasteiger partial charge in [0.1, 0.15) is 0 Å². The van der Waals surface area contributed by atoms with Gasteiger partial charge < -0.3 is 15.2 Å². The van der Waals surface area contributed by atoms with Crippen LogP contribution >= 0.6 is 0 Å². The van der Waals surface area contributed by atoms with Crippen molar-refractivity contribution in [1.29, 1.82) is 0 Å². The number of nitrogens with zero attached hydrogens (tertiary/aromatic N) is 6. The van der Waals surface area contributed by atoms with Crippen LogP contribution in [0.5, 0.6) is 5.88 Å². The molecule has 0 saturated carbocycles. The number of carbonyl (C=O) groups is 1. The van der Waals surface area contributed by atoms with Crippen molar-refractivity contribution < 1.29 is 14.3 Å². The van der Waals surface area contributed by atoms with E-state index in [0.717, 1.165) is 29.5 Å². The normalized spacial score (nSPS) is 14.3. The molecule has 0 bridgehead atoms. The lowest BCUT2D eigenvalue weighted by Crippen LogP contribution is -2.20. The average molecular weight is 445 g/mol. The molecule has 5 rings (SSSR count). The van der Waals surface area contributed by atoms with Crippen LogP contribution in [-0.4, -0.2) is 48.8 Å². The van der Waals surface area contributed by atoms with E-state index < -0.39 is 6.09 Å². The molecule has 0 spiro atoms. The zero-order chi connectivity index (χ0) is 22.8. The summed E-state index contributed by atoms with van der Waals surface area (Å²) in [5.41, 5.74) is 9.47. The molecule has 0 atom stereocenters. The van der Waals surface area contributed by atoms with Crippen LogP contribution in [-0.2, 0) is 11.8 Å². The van der Waals surface area contributed by atoms with Crippen LogP contribution in [0.4, 0.5) is 4.79 Å². The fourth-order valence-electron chi connectivity index (χ4n) is 3.90. The van der Waals surface area contributed by atoms with Gasteiger partial charge in [-0.15, -0.1) is 5.10 Å². The van der Waals surface area contributed by atoms with Crippen LogP contribution in [0.3, 0.4) is 0 Å². The molecule has 1 amide bonds. The number of primary amides is 1. The van der Waals surface area contributed by atoms with Gasteiger partial charge in [0.2, 0.25) is 0 Å². The molecule has 1 saturated heterocycles. The zero-order valence-electron chi connectivity index (χ0n) is 18.1. The Morgan fingerprint density at radius 3 is 2.52 bits per heavy atom. The third kappa shape index (κ3) is 4.46. The number of amides is 1. The van der Waals surface area contributed by atoms with E-state index in [1.165, 1.54) is 0 Å². The maximum Gasteiger partial charge on any atom is 0.411 e. The topological polar surface area (TPSA) is 123 Å². The first-order chi connectivity index (χ1) is 16.1. The summed E-state index contributed by atoms with van der Waals surface area (Å²) in [6.07, 6.45) is 9.75. The Bertz CT molecular complexity index is 1270. The second-order valence-corrected chi connectivity index (χ2v) is 7.87. The number of carbonyl (C=O) groups excluding carboxylic acids is 1. The number of hydrogen-bond acceptors (Lipinski definition) is 7. The highest BCUT2D eigenvalue weighted by atomic mass is 16.6. The number of ether oxygens (including phenoxy) is 2. The predicted octanol–water partition coefficient (Wildman–Crippen LogP) is 3.22. The SMILES string of the molecule is Cn1cc(-c2cccc(-c3ncc(-c4cn(C5CCOCC5)nc4OC(N)=O)cn3)c2)cn1. The van der Waals surface area contributed by atoms with E-state index >= 15 is 0 Å². The molecule has 1 fully saturated rings. The molecular formula is C23H23N7O3. The summed E-state index contributed by atoms with van der Waals surface area (Å²) in [4.78, 5) is 20.5. The van der Waals surface area contributed by atoms with Crippen LogP contribution in [0, 0.1) is 0 Å².